The zero-order valence-electron chi connectivity index (χ0n) is 8.70. The highest BCUT2D eigenvalue weighted by molar-refractivity contribution is 5.59. The molecule has 0 radical (unpaired) electrons. The number of anilines is 2. The Morgan fingerprint density at radius 2 is 1.65 bits per heavy atom. The van der Waals surface area contributed by atoms with Gasteiger partial charge < -0.3 is 5.32 Å². The van der Waals surface area contributed by atoms with Gasteiger partial charge in [-0.1, -0.05) is 18.2 Å². The molecule has 0 amide bonds. The van der Waals surface area contributed by atoms with Crippen molar-refractivity contribution >= 4 is 11.4 Å². The second-order valence-electron chi connectivity index (χ2n) is 3.42. The molecule has 1 heterocycles. The molecule has 0 unspecified atom stereocenters. The average Bonchev–Trinajstić information content (AvgIpc) is 2.29. The van der Waals surface area contributed by atoms with Crippen molar-refractivity contribution in [1.29, 1.82) is 0 Å². The van der Waals surface area contributed by atoms with Gasteiger partial charge in [-0.3, -0.25) is 4.98 Å². The van der Waals surface area contributed by atoms with Gasteiger partial charge in [-0.05, 0) is 24.3 Å². The Labute approximate surface area is 96.1 Å². The van der Waals surface area contributed by atoms with Gasteiger partial charge >= 0.3 is 6.18 Å². The van der Waals surface area contributed by atoms with E-state index in [0.29, 0.717) is 5.69 Å². The summed E-state index contributed by atoms with van der Waals surface area (Å²) in [4.78, 5) is 3.29. The third-order valence-corrected chi connectivity index (χ3v) is 2.11. The van der Waals surface area contributed by atoms with Crippen molar-refractivity contribution in [1.82, 2.24) is 4.98 Å². The lowest BCUT2D eigenvalue weighted by Gasteiger charge is -2.09. The first kappa shape index (κ1) is 11.4. The van der Waals surface area contributed by atoms with Crippen molar-refractivity contribution in [2.75, 3.05) is 5.32 Å². The van der Waals surface area contributed by atoms with Crippen molar-refractivity contribution in [3.8, 4) is 0 Å². The van der Waals surface area contributed by atoms with Crippen LogP contribution in [0.1, 0.15) is 5.69 Å². The number of halogens is 3. The van der Waals surface area contributed by atoms with E-state index in [1.165, 1.54) is 6.07 Å². The van der Waals surface area contributed by atoms with Crippen LogP contribution in [0, 0.1) is 0 Å². The summed E-state index contributed by atoms with van der Waals surface area (Å²) in [5.74, 6) is 0. The molecule has 2 rings (SSSR count). The number of pyridine rings is 1. The monoisotopic (exact) mass is 238 g/mol. The van der Waals surface area contributed by atoms with E-state index in [1.54, 1.807) is 24.3 Å². The summed E-state index contributed by atoms with van der Waals surface area (Å²) < 4.78 is 37.2. The molecule has 0 atom stereocenters. The summed E-state index contributed by atoms with van der Waals surface area (Å²) in [5, 5.41) is 2.88. The maximum atomic E-state index is 12.4. The van der Waals surface area contributed by atoms with Gasteiger partial charge in [0.2, 0.25) is 0 Å². The van der Waals surface area contributed by atoms with Crippen molar-refractivity contribution in [3.63, 3.8) is 0 Å². The molecule has 2 nitrogen and oxygen atoms in total. The molecule has 17 heavy (non-hydrogen) atoms. The van der Waals surface area contributed by atoms with Crippen LogP contribution < -0.4 is 5.32 Å². The Balaban J connectivity index is 2.23. The second-order valence-corrected chi connectivity index (χ2v) is 3.42. The Morgan fingerprint density at radius 1 is 0.941 bits per heavy atom. The molecule has 5 heteroatoms. The molecule has 88 valence electrons. The molecule has 0 aliphatic rings. The highest BCUT2D eigenvalue weighted by Gasteiger charge is 2.32. The number of nitrogens with one attached hydrogen (secondary N) is 1. The van der Waals surface area contributed by atoms with Gasteiger partial charge in [0.25, 0.3) is 0 Å². The quantitative estimate of drug-likeness (QED) is 0.859. The predicted molar refractivity (Wildman–Crippen MR) is 59.0 cm³/mol. The molecule has 0 bridgehead atoms. The molecule has 0 saturated carbocycles. The summed E-state index contributed by atoms with van der Waals surface area (Å²) in [6.07, 6.45) is -3.29. The zero-order chi connectivity index (χ0) is 12.3. The third-order valence-electron chi connectivity index (χ3n) is 2.11. The number of nitrogens with zero attached hydrogens (tertiary/aromatic N) is 1. The van der Waals surface area contributed by atoms with Crippen molar-refractivity contribution in [3.05, 3.63) is 54.4 Å². The maximum absolute atomic E-state index is 12.4. The highest BCUT2D eigenvalue weighted by Crippen LogP contribution is 2.29. The van der Waals surface area contributed by atoms with E-state index in [9.17, 15) is 13.2 Å². The van der Waals surface area contributed by atoms with Crippen LogP contribution in [0.5, 0.6) is 0 Å². The molecule has 0 fully saturated rings. The topological polar surface area (TPSA) is 24.9 Å². The fourth-order valence-electron chi connectivity index (χ4n) is 1.35. The minimum absolute atomic E-state index is 0.360. The minimum Gasteiger partial charge on any atom is -0.355 e. The summed E-state index contributed by atoms with van der Waals surface area (Å²) in [5.41, 5.74) is 0.184. The molecular weight excluding hydrogens is 229 g/mol. The van der Waals surface area contributed by atoms with E-state index < -0.39 is 11.9 Å². The van der Waals surface area contributed by atoms with Crippen molar-refractivity contribution < 1.29 is 13.2 Å². The van der Waals surface area contributed by atoms with Crippen molar-refractivity contribution in [2.45, 2.75) is 6.18 Å². The predicted octanol–water partition coefficient (Wildman–Crippen LogP) is 3.84. The number of hydrogen-bond acceptors (Lipinski definition) is 2. The van der Waals surface area contributed by atoms with Crippen LogP contribution in [0.3, 0.4) is 0 Å². The number of aromatic nitrogens is 1. The molecule has 1 aromatic heterocycles. The number of benzene rings is 1. The molecule has 1 N–H and O–H groups in total. The van der Waals surface area contributed by atoms with Crippen LogP contribution in [0.4, 0.5) is 24.5 Å². The summed E-state index contributed by atoms with van der Waals surface area (Å²) in [7, 11) is 0. The van der Waals surface area contributed by atoms with E-state index in [-0.39, 0.29) is 0 Å². The Kier molecular flexibility index (Phi) is 2.99. The first-order valence-electron chi connectivity index (χ1n) is 4.91. The standard InChI is InChI=1S/C12H9F3N2/c13-12(14,15)11-8-10(6-7-16-11)17-9-4-2-1-3-5-9/h1-8H,(H,16,17). The van der Waals surface area contributed by atoms with Crippen molar-refractivity contribution in [2.24, 2.45) is 0 Å². The van der Waals surface area contributed by atoms with Crippen LogP contribution in [0.15, 0.2) is 48.7 Å². The van der Waals surface area contributed by atoms with Crippen LogP contribution in [-0.2, 0) is 6.18 Å². The fourth-order valence-corrected chi connectivity index (χ4v) is 1.35. The SMILES string of the molecule is FC(F)(F)c1cc(Nc2ccccc2)ccn1. The lowest BCUT2D eigenvalue weighted by Crippen LogP contribution is -2.08. The van der Waals surface area contributed by atoms with Gasteiger partial charge in [-0.2, -0.15) is 13.2 Å². The lowest BCUT2D eigenvalue weighted by molar-refractivity contribution is -0.141. The van der Waals surface area contributed by atoms with Gasteiger partial charge in [0.05, 0.1) is 0 Å². The Hall–Kier alpha value is -2.04. The molecule has 2 aromatic rings. The largest absolute Gasteiger partial charge is 0.433 e. The zero-order valence-corrected chi connectivity index (χ0v) is 8.70. The smallest absolute Gasteiger partial charge is 0.355 e. The summed E-state index contributed by atoms with van der Waals surface area (Å²) in [6.45, 7) is 0. The molecule has 0 spiro atoms. The van der Waals surface area contributed by atoms with Gasteiger partial charge in [0, 0.05) is 17.6 Å². The van der Waals surface area contributed by atoms with Gasteiger partial charge in [-0.15, -0.1) is 0 Å². The van der Waals surface area contributed by atoms with Crippen LogP contribution in [0.2, 0.25) is 0 Å². The highest BCUT2D eigenvalue weighted by atomic mass is 19.4. The van der Waals surface area contributed by atoms with E-state index >= 15 is 0 Å². The normalized spacial score (nSPS) is 11.2. The van der Waals surface area contributed by atoms with Gasteiger partial charge in [-0.25, -0.2) is 0 Å². The molecule has 0 aliphatic heterocycles. The molecule has 1 aromatic carbocycles. The molecular formula is C12H9F3N2. The number of rotatable bonds is 2. The first-order valence-corrected chi connectivity index (χ1v) is 4.91. The van der Waals surface area contributed by atoms with Crippen LogP contribution in [-0.4, -0.2) is 4.98 Å². The van der Waals surface area contributed by atoms with Crippen LogP contribution in [0.25, 0.3) is 0 Å². The van der Waals surface area contributed by atoms with Gasteiger partial charge in [0.1, 0.15) is 5.69 Å². The van der Waals surface area contributed by atoms with E-state index in [4.69, 9.17) is 0 Å². The Bertz CT molecular complexity index is 495. The fraction of sp³-hybridized carbons (Fsp3) is 0.0833. The van der Waals surface area contributed by atoms with Gasteiger partial charge in [0.15, 0.2) is 0 Å². The number of hydrogen-bond donors (Lipinski definition) is 1. The summed E-state index contributed by atoms with van der Waals surface area (Å²) in [6, 6.07) is 11.4. The third kappa shape index (κ3) is 2.96. The van der Waals surface area contributed by atoms with E-state index in [2.05, 4.69) is 10.3 Å². The molecule has 0 saturated heterocycles. The first-order chi connectivity index (χ1) is 8.05. The minimum atomic E-state index is -4.42. The maximum Gasteiger partial charge on any atom is 0.433 e. The average molecular weight is 238 g/mol. The summed E-state index contributed by atoms with van der Waals surface area (Å²) >= 11 is 0. The van der Waals surface area contributed by atoms with Crippen LogP contribution >= 0.6 is 0 Å². The molecule has 0 aliphatic carbocycles. The lowest BCUT2D eigenvalue weighted by atomic mass is 10.2. The Morgan fingerprint density at radius 3 is 2.29 bits per heavy atom. The van der Waals surface area contributed by atoms with E-state index in [1.807, 2.05) is 6.07 Å². The van der Waals surface area contributed by atoms with E-state index in [0.717, 1.165) is 18.0 Å². The number of alkyl halides is 3. The number of para-hydroxylation sites is 1. The second kappa shape index (κ2) is 4.45.